The monoisotopic (exact) mass is 435 g/mol. The zero-order valence-electron chi connectivity index (χ0n) is 14.8. The van der Waals surface area contributed by atoms with Crippen molar-refractivity contribution in [2.24, 2.45) is 0 Å². The van der Waals surface area contributed by atoms with Crippen molar-refractivity contribution in [3.8, 4) is 39.8 Å². The maximum Gasteiger partial charge on any atom is 0.182 e. The third-order valence-corrected chi connectivity index (χ3v) is 5.29. The van der Waals surface area contributed by atoms with E-state index in [0.29, 0.717) is 23.0 Å². The Kier molecular flexibility index (Phi) is 5.78. The molecule has 1 aromatic heterocycles. The number of oxazole rings is 1. The van der Waals surface area contributed by atoms with Gasteiger partial charge in [0.1, 0.15) is 11.4 Å². The van der Waals surface area contributed by atoms with E-state index < -0.39 is 0 Å². The number of ether oxygens (including phenoxy) is 3. The number of hydrogen-bond acceptors (Lipinski definition) is 6. The minimum Gasteiger partial charge on any atom is -0.496 e. The van der Waals surface area contributed by atoms with E-state index in [9.17, 15) is 0 Å². The van der Waals surface area contributed by atoms with E-state index in [2.05, 4.69) is 20.9 Å². The van der Waals surface area contributed by atoms with Crippen molar-refractivity contribution in [3.63, 3.8) is 0 Å². The molecule has 0 saturated heterocycles. The van der Waals surface area contributed by atoms with Crippen molar-refractivity contribution in [2.75, 3.05) is 27.6 Å². The van der Waals surface area contributed by atoms with Crippen LogP contribution in [0.1, 0.15) is 0 Å². The van der Waals surface area contributed by atoms with Gasteiger partial charge in [0.2, 0.25) is 0 Å². The largest absolute Gasteiger partial charge is 0.496 e. The van der Waals surface area contributed by atoms with Gasteiger partial charge >= 0.3 is 0 Å². The maximum absolute atomic E-state index is 5.69. The Bertz CT molecular complexity index is 926. The number of methoxy groups -OCH3 is 3. The van der Waals surface area contributed by atoms with Gasteiger partial charge in [0, 0.05) is 16.0 Å². The van der Waals surface area contributed by atoms with Crippen LogP contribution in [0.5, 0.6) is 17.2 Å². The van der Waals surface area contributed by atoms with Crippen LogP contribution in [0.2, 0.25) is 0 Å². The Balaban J connectivity index is 2.11. The molecule has 7 heteroatoms. The molecule has 136 valence electrons. The predicted molar refractivity (Wildman–Crippen MR) is 107 cm³/mol. The maximum atomic E-state index is 5.69. The van der Waals surface area contributed by atoms with Gasteiger partial charge in [-0.15, -0.1) is 11.8 Å². The summed E-state index contributed by atoms with van der Waals surface area (Å²) >= 11 is 5.15. The average molecular weight is 436 g/mol. The fraction of sp³-hybridized carbons (Fsp3) is 0.211. The topological polar surface area (TPSA) is 53.7 Å². The van der Waals surface area contributed by atoms with Crippen molar-refractivity contribution in [1.29, 1.82) is 0 Å². The van der Waals surface area contributed by atoms with Crippen LogP contribution in [-0.2, 0) is 0 Å². The van der Waals surface area contributed by atoms with Gasteiger partial charge in [0.25, 0.3) is 0 Å². The highest BCUT2D eigenvalue weighted by atomic mass is 79.9. The lowest BCUT2D eigenvalue weighted by molar-refractivity contribution is 0.353. The Morgan fingerprint density at radius 1 is 0.962 bits per heavy atom. The number of hydrogen-bond donors (Lipinski definition) is 0. The molecule has 0 saturated carbocycles. The van der Waals surface area contributed by atoms with Crippen LogP contribution in [0, 0.1) is 0 Å². The van der Waals surface area contributed by atoms with Gasteiger partial charge < -0.3 is 18.6 Å². The summed E-state index contributed by atoms with van der Waals surface area (Å²) < 4.78 is 22.8. The van der Waals surface area contributed by atoms with Gasteiger partial charge in [-0.05, 0) is 52.5 Å². The molecule has 0 radical (unpaired) electrons. The van der Waals surface area contributed by atoms with Gasteiger partial charge in [-0.2, -0.15) is 0 Å². The quantitative estimate of drug-likeness (QED) is 0.475. The first-order valence-corrected chi connectivity index (χ1v) is 9.72. The van der Waals surface area contributed by atoms with Crippen LogP contribution >= 0.6 is 27.7 Å². The molecule has 5 nitrogen and oxygen atoms in total. The smallest absolute Gasteiger partial charge is 0.182 e. The molecule has 0 fully saturated rings. The molecule has 1 heterocycles. The summed E-state index contributed by atoms with van der Waals surface area (Å²) in [5.41, 5.74) is 2.45. The van der Waals surface area contributed by atoms with Crippen molar-refractivity contribution in [1.82, 2.24) is 4.98 Å². The van der Waals surface area contributed by atoms with E-state index in [0.717, 1.165) is 26.2 Å². The lowest BCUT2D eigenvalue weighted by atomic mass is 10.0. The molecule has 0 N–H and O–H groups in total. The summed E-state index contributed by atoms with van der Waals surface area (Å²) in [6.45, 7) is 0. The van der Waals surface area contributed by atoms with E-state index in [1.165, 1.54) is 6.39 Å². The first kappa shape index (κ1) is 18.7. The molecular weight excluding hydrogens is 418 g/mol. The summed E-state index contributed by atoms with van der Waals surface area (Å²) in [6.07, 6.45) is 3.45. The van der Waals surface area contributed by atoms with Gasteiger partial charge in [-0.1, -0.05) is 0 Å². The molecule has 3 aromatic rings. The standard InChI is InChI=1S/C19H18BrNO4S/c1-22-14-8-11(5-6-16(14)26-4)18-17(21-10-25-18)12-7-13(20)19(24-3)15(9-12)23-2/h5-10H,1-4H3. The normalized spacial score (nSPS) is 10.7. The molecule has 3 rings (SSSR count). The fourth-order valence-corrected chi connectivity index (χ4v) is 3.84. The highest BCUT2D eigenvalue weighted by Crippen LogP contribution is 2.42. The molecule has 0 aliphatic carbocycles. The second kappa shape index (κ2) is 8.05. The summed E-state index contributed by atoms with van der Waals surface area (Å²) in [7, 11) is 4.86. The molecule has 0 amide bonds. The van der Waals surface area contributed by atoms with E-state index in [1.54, 1.807) is 33.1 Å². The van der Waals surface area contributed by atoms with Crippen LogP contribution in [0.4, 0.5) is 0 Å². The van der Waals surface area contributed by atoms with E-state index in [-0.39, 0.29) is 0 Å². The lowest BCUT2D eigenvalue weighted by Crippen LogP contribution is -1.93. The van der Waals surface area contributed by atoms with Crippen LogP contribution in [0.25, 0.3) is 22.6 Å². The van der Waals surface area contributed by atoms with Crippen molar-refractivity contribution in [2.45, 2.75) is 4.90 Å². The zero-order chi connectivity index (χ0) is 18.7. The number of benzene rings is 2. The Morgan fingerprint density at radius 2 is 1.69 bits per heavy atom. The minimum absolute atomic E-state index is 0.612. The molecule has 0 aliphatic rings. The first-order chi connectivity index (χ1) is 12.6. The number of halogens is 1. The Morgan fingerprint density at radius 3 is 2.35 bits per heavy atom. The zero-order valence-corrected chi connectivity index (χ0v) is 17.2. The third kappa shape index (κ3) is 3.41. The van der Waals surface area contributed by atoms with Gasteiger partial charge in [0.05, 0.1) is 25.8 Å². The van der Waals surface area contributed by atoms with Crippen molar-refractivity contribution < 1.29 is 18.6 Å². The first-order valence-electron chi connectivity index (χ1n) is 7.70. The molecule has 0 bridgehead atoms. The second-order valence-electron chi connectivity index (χ2n) is 5.29. The highest BCUT2D eigenvalue weighted by molar-refractivity contribution is 9.10. The molecule has 0 unspecified atom stereocenters. The number of thioether (sulfide) groups is 1. The van der Waals surface area contributed by atoms with Crippen LogP contribution in [-0.4, -0.2) is 32.6 Å². The average Bonchev–Trinajstić information content (AvgIpc) is 3.16. The molecule has 26 heavy (non-hydrogen) atoms. The number of rotatable bonds is 6. The van der Waals surface area contributed by atoms with Gasteiger partial charge in [0.15, 0.2) is 23.7 Å². The summed E-state index contributed by atoms with van der Waals surface area (Å²) in [6, 6.07) is 9.75. The van der Waals surface area contributed by atoms with Gasteiger partial charge in [-0.3, -0.25) is 0 Å². The van der Waals surface area contributed by atoms with Gasteiger partial charge in [-0.25, -0.2) is 4.98 Å². The molecule has 0 aliphatic heterocycles. The number of nitrogens with zero attached hydrogens (tertiary/aromatic N) is 1. The summed E-state index contributed by atoms with van der Waals surface area (Å²) in [5.74, 6) is 2.70. The summed E-state index contributed by atoms with van der Waals surface area (Å²) in [4.78, 5) is 5.46. The van der Waals surface area contributed by atoms with E-state index in [1.807, 2.05) is 36.6 Å². The van der Waals surface area contributed by atoms with E-state index >= 15 is 0 Å². The van der Waals surface area contributed by atoms with E-state index in [4.69, 9.17) is 18.6 Å². The Labute approximate surface area is 164 Å². The fourth-order valence-electron chi connectivity index (χ4n) is 2.69. The van der Waals surface area contributed by atoms with Crippen LogP contribution in [0.3, 0.4) is 0 Å². The molecule has 0 spiro atoms. The third-order valence-electron chi connectivity index (χ3n) is 3.92. The van der Waals surface area contributed by atoms with Crippen LogP contribution in [0.15, 0.2) is 50.5 Å². The second-order valence-corrected chi connectivity index (χ2v) is 7.00. The van der Waals surface area contributed by atoms with Crippen molar-refractivity contribution in [3.05, 3.63) is 41.2 Å². The molecule has 0 atom stereocenters. The minimum atomic E-state index is 0.612. The lowest BCUT2D eigenvalue weighted by Gasteiger charge is -2.12. The summed E-state index contributed by atoms with van der Waals surface area (Å²) in [5, 5.41) is 0. The van der Waals surface area contributed by atoms with Crippen LogP contribution < -0.4 is 14.2 Å². The number of aromatic nitrogens is 1. The Hall–Kier alpha value is -2.12. The predicted octanol–water partition coefficient (Wildman–Crippen LogP) is 5.52. The highest BCUT2D eigenvalue weighted by Gasteiger charge is 2.18. The SMILES string of the molecule is COc1cc(-c2ocnc2-c2cc(Br)c(OC)c(OC)c2)ccc1SC. The molecular formula is C19H18BrNO4S. The molecule has 2 aromatic carbocycles. The van der Waals surface area contributed by atoms with Crippen molar-refractivity contribution >= 4 is 27.7 Å².